The van der Waals surface area contributed by atoms with Crippen LogP contribution in [0.4, 0.5) is 5.82 Å². The van der Waals surface area contributed by atoms with E-state index in [1.807, 2.05) is 11.3 Å². The Morgan fingerprint density at radius 3 is 2.96 bits per heavy atom. The zero-order valence-electron chi connectivity index (χ0n) is 13.2. The highest BCUT2D eigenvalue weighted by Gasteiger charge is 2.21. The average molecular weight is 324 g/mol. The lowest BCUT2D eigenvalue weighted by atomic mass is 10.1. The second-order valence-electron chi connectivity index (χ2n) is 6.06. The van der Waals surface area contributed by atoms with E-state index in [2.05, 4.69) is 57.6 Å². The number of aromatic nitrogens is 2. The number of hydrogen-bond acceptors (Lipinski definition) is 5. The molecule has 0 bridgehead atoms. The second kappa shape index (κ2) is 6.26. The Kier molecular flexibility index (Phi) is 3.97. The zero-order valence-corrected chi connectivity index (χ0v) is 14.1. The molecular weight excluding hydrogens is 304 g/mol. The summed E-state index contributed by atoms with van der Waals surface area (Å²) in [7, 11) is 2.18. The van der Waals surface area contributed by atoms with Crippen molar-refractivity contribution >= 4 is 27.4 Å². The van der Waals surface area contributed by atoms with Gasteiger partial charge in [0.15, 0.2) is 0 Å². The van der Waals surface area contributed by atoms with E-state index in [1.165, 1.54) is 21.4 Å². The molecular formula is C18H20N4S. The zero-order chi connectivity index (χ0) is 15.6. The minimum absolute atomic E-state index is 0.890. The quantitative estimate of drug-likeness (QED) is 0.799. The maximum absolute atomic E-state index is 4.51. The van der Waals surface area contributed by atoms with E-state index >= 15 is 0 Å². The fourth-order valence-electron chi connectivity index (χ4n) is 3.16. The van der Waals surface area contributed by atoms with E-state index in [0.29, 0.717) is 0 Å². The van der Waals surface area contributed by atoms with Gasteiger partial charge in [-0.05, 0) is 31.0 Å². The van der Waals surface area contributed by atoms with E-state index in [0.717, 1.165) is 43.1 Å². The van der Waals surface area contributed by atoms with Crippen molar-refractivity contribution in [2.45, 2.75) is 19.4 Å². The van der Waals surface area contributed by atoms with Crippen LogP contribution in [0.5, 0.6) is 0 Å². The van der Waals surface area contributed by atoms with Crippen LogP contribution in [-0.4, -0.2) is 35.0 Å². The van der Waals surface area contributed by atoms with Crippen LogP contribution < -0.4 is 5.32 Å². The van der Waals surface area contributed by atoms with Gasteiger partial charge in [0.05, 0.1) is 5.39 Å². The molecule has 4 rings (SSSR count). The van der Waals surface area contributed by atoms with Crippen molar-refractivity contribution in [2.24, 2.45) is 0 Å². The fourth-order valence-corrected chi connectivity index (χ4v) is 4.43. The highest BCUT2D eigenvalue weighted by Crippen LogP contribution is 2.36. The van der Waals surface area contributed by atoms with Crippen LogP contribution in [0.2, 0.25) is 0 Å². The lowest BCUT2D eigenvalue weighted by molar-refractivity contribution is 0.318. The Labute approximate surface area is 140 Å². The molecule has 118 valence electrons. The molecule has 0 radical (unpaired) electrons. The van der Waals surface area contributed by atoms with E-state index in [-0.39, 0.29) is 0 Å². The summed E-state index contributed by atoms with van der Waals surface area (Å²) in [5, 5.41) is 4.77. The Morgan fingerprint density at radius 1 is 1.22 bits per heavy atom. The standard InChI is InChI=1S/C18H20N4S/c1-22-10-8-14-15(11-22)23-18-16(14)17(20-12-21-18)19-9-7-13-5-3-2-4-6-13/h2-6,12H,7-11H2,1H3,(H,19,20,21). The van der Waals surface area contributed by atoms with E-state index in [1.54, 1.807) is 6.33 Å². The van der Waals surface area contributed by atoms with Crippen molar-refractivity contribution in [3.63, 3.8) is 0 Å². The SMILES string of the molecule is CN1CCc2c(sc3ncnc(NCCc4ccccc4)c23)C1. The summed E-state index contributed by atoms with van der Waals surface area (Å²) in [6.07, 6.45) is 3.77. The topological polar surface area (TPSA) is 41.1 Å². The van der Waals surface area contributed by atoms with Crippen molar-refractivity contribution in [1.29, 1.82) is 0 Å². The molecule has 1 aliphatic rings. The third-order valence-electron chi connectivity index (χ3n) is 4.38. The molecule has 0 amide bonds. The molecule has 5 heteroatoms. The monoisotopic (exact) mass is 324 g/mol. The predicted octanol–water partition coefficient (Wildman–Crippen LogP) is 3.33. The molecule has 1 aromatic carbocycles. The molecule has 1 N–H and O–H groups in total. The number of thiophene rings is 1. The van der Waals surface area contributed by atoms with Crippen LogP contribution in [0.1, 0.15) is 16.0 Å². The number of likely N-dealkylation sites (N-methyl/N-ethyl adjacent to an activating group) is 1. The first-order valence-electron chi connectivity index (χ1n) is 8.03. The van der Waals surface area contributed by atoms with Crippen molar-refractivity contribution in [3.05, 3.63) is 52.7 Å². The molecule has 3 heterocycles. The van der Waals surface area contributed by atoms with Crippen molar-refractivity contribution in [1.82, 2.24) is 14.9 Å². The van der Waals surface area contributed by atoms with Crippen LogP contribution in [0.3, 0.4) is 0 Å². The smallest absolute Gasteiger partial charge is 0.138 e. The Bertz CT molecular complexity index is 813. The van der Waals surface area contributed by atoms with Gasteiger partial charge in [-0.25, -0.2) is 9.97 Å². The minimum atomic E-state index is 0.890. The Hall–Kier alpha value is -1.98. The second-order valence-corrected chi connectivity index (χ2v) is 7.14. The minimum Gasteiger partial charge on any atom is -0.369 e. The van der Waals surface area contributed by atoms with Crippen molar-refractivity contribution < 1.29 is 0 Å². The number of nitrogens with zero attached hydrogens (tertiary/aromatic N) is 3. The number of nitrogens with one attached hydrogen (secondary N) is 1. The summed E-state index contributed by atoms with van der Waals surface area (Å²) in [6.45, 7) is 3.03. The number of rotatable bonds is 4. The molecule has 4 nitrogen and oxygen atoms in total. The lowest BCUT2D eigenvalue weighted by Gasteiger charge is -2.22. The molecule has 0 saturated heterocycles. The summed E-state index contributed by atoms with van der Waals surface area (Å²) in [4.78, 5) is 13.9. The fraction of sp³-hybridized carbons (Fsp3) is 0.333. The van der Waals surface area contributed by atoms with Crippen molar-refractivity contribution in [2.75, 3.05) is 25.5 Å². The molecule has 0 fully saturated rings. The molecule has 0 aliphatic carbocycles. The first-order chi connectivity index (χ1) is 11.3. The Morgan fingerprint density at radius 2 is 2.09 bits per heavy atom. The molecule has 2 aromatic heterocycles. The molecule has 1 aliphatic heterocycles. The van der Waals surface area contributed by atoms with Gasteiger partial charge in [-0.3, -0.25) is 0 Å². The van der Waals surface area contributed by atoms with Gasteiger partial charge in [0.1, 0.15) is 17.0 Å². The molecule has 3 aromatic rings. The summed E-state index contributed by atoms with van der Waals surface area (Å²) in [6, 6.07) is 10.6. The van der Waals surface area contributed by atoms with Gasteiger partial charge in [0.25, 0.3) is 0 Å². The molecule has 0 atom stereocenters. The molecule has 23 heavy (non-hydrogen) atoms. The third kappa shape index (κ3) is 2.94. The van der Waals surface area contributed by atoms with Crippen LogP contribution in [0.15, 0.2) is 36.7 Å². The summed E-state index contributed by atoms with van der Waals surface area (Å²) in [5.74, 6) is 0.994. The summed E-state index contributed by atoms with van der Waals surface area (Å²) < 4.78 is 0. The highest BCUT2D eigenvalue weighted by molar-refractivity contribution is 7.18. The van der Waals surface area contributed by atoms with Crippen LogP contribution >= 0.6 is 11.3 Å². The predicted molar refractivity (Wildman–Crippen MR) is 96.1 cm³/mol. The first kappa shape index (κ1) is 14.6. The average Bonchev–Trinajstić information content (AvgIpc) is 2.94. The number of fused-ring (bicyclic) bond motifs is 3. The molecule has 0 saturated carbocycles. The van der Waals surface area contributed by atoms with Gasteiger partial charge in [-0.1, -0.05) is 30.3 Å². The van der Waals surface area contributed by atoms with Crippen LogP contribution in [0, 0.1) is 0 Å². The van der Waals surface area contributed by atoms with Gasteiger partial charge < -0.3 is 10.2 Å². The number of anilines is 1. The van der Waals surface area contributed by atoms with Crippen molar-refractivity contribution in [3.8, 4) is 0 Å². The van der Waals surface area contributed by atoms with Gasteiger partial charge in [0, 0.05) is 24.5 Å². The van der Waals surface area contributed by atoms with Gasteiger partial charge >= 0.3 is 0 Å². The maximum atomic E-state index is 4.51. The molecule has 0 unspecified atom stereocenters. The van der Waals surface area contributed by atoms with E-state index in [4.69, 9.17) is 0 Å². The van der Waals surface area contributed by atoms with E-state index in [9.17, 15) is 0 Å². The first-order valence-corrected chi connectivity index (χ1v) is 8.84. The van der Waals surface area contributed by atoms with Gasteiger partial charge in [-0.15, -0.1) is 11.3 Å². The number of benzene rings is 1. The molecule has 0 spiro atoms. The third-order valence-corrected chi connectivity index (χ3v) is 5.50. The Balaban J connectivity index is 1.57. The number of hydrogen-bond donors (Lipinski definition) is 1. The lowest BCUT2D eigenvalue weighted by Crippen LogP contribution is -2.25. The largest absolute Gasteiger partial charge is 0.369 e. The summed E-state index contributed by atoms with van der Waals surface area (Å²) in [5.41, 5.74) is 2.80. The highest BCUT2D eigenvalue weighted by atomic mass is 32.1. The van der Waals surface area contributed by atoms with Gasteiger partial charge in [0.2, 0.25) is 0 Å². The van der Waals surface area contributed by atoms with E-state index < -0.39 is 0 Å². The van der Waals surface area contributed by atoms with Crippen LogP contribution in [-0.2, 0) is 19.4 Å². The normalized spacial score (nSPS) is 14.8. The maximum Gasteiger partial charge on any atom is 0.138 e. The van der Waals surface area contributed by atoms with Crippen LogP contribution in [0.25, 0.3) is 10.2 Å². The van der Waals surface area contributed by atoms with Gasteiger partial charge in [-0.2, -0.15) is 0 Å². The summed E-state index contributed by atoms with van der Waals surface area (Å²) >= 11 is 1.81.